The Balaban J connectivity index is 2.32. The van der Waals surface area contributed by atoms with Crippen molar-refractivity contribution in [1.29, 1.82) is 0 Å². The van der Waals surface area contributed by atoms with E-state index in [-0.39, 0.29) is 11.8 Å². The second kappa shape index (κ2) is 6.71. The van der Waals surface area contributed by atoms with Crippen molar-refractivity contribution >= 4 is 0 Å². The van der Waals surface area contributed by atoms with Gasteiger partial charge in [0.2, 0.25) is 0 Å². The Morgan fingerprint density at radius 3 is 2.32 bits per heavy atom. The molecular weight excluding hydrogens is 288 g/mol. The minimum atomic E-state index is -1.95. The van der Waals surface area contributed by atoms with Gasteiger partial charge in [-0.05, 0) is 30.6 Å². The van der Waals surface area contributed by atoms with Crippen molar-refractivity contribution in [2.75, 3.05) is 6.61 Å². The van der Waals surface area contributed by atoms with Gasteiger partial charge in [0.05, 0.1) is 6.61 Å². The van der Waals surface area contributed by atoms with Crippen molar-refractivity contribution in [3.63, 3.8) is 0 Å². The first kappa shape index (κ1) is 18.1. The minimum absolute atomic E-state index is 0.151. The van der Waals surface area contributed by atoms with Crippen LogP contribution in [0.4, 0.5) is 0 Å². The molecule has 2 aliphatic rings. The van der Waals surface area contributed by atoms with Crippen molar-refractivity contribution in [3.8, 4) is 0 Å². The lowest BCUT2D eigenvalue weighted by Crippen LogP contribution is -2.69. The minimum Gasteiger partial charge on any atom is -0.394 e. The highest BCUT2D eigenvalue weighted by atomic mass is 16.7. The average molecular weight is 318 g/mol. The summed E-state index contributed by atoms with van der Waals surface area (Å²) in [5, 5.41) is 50.6. The number of ether oxygens (including phenoxy) is 1. The zero-order chi connectivity index (χ0) is 16.7. The Labute approximate surface area is 131 Å². The predicted octanol–water partition coefficient (Wildman–Crippen LogP) is -0.143. The standard InChI is InChI=1S/C16H30O6/c1-8(2)10-5-4-9(3)6-11(10)16(21)15(20)14(19)13(18)12(7-17)22-16/h8-15,17-21H,4-7H2,1-3H3/t9?,10?,11?,12-,13-,14+,15-,16-/m1/s1. The van der Waals surface area contributed by atoms with Crippen LogP contribution < -0.4 is 0 Å². The number of aliphatic hydroxyl groups is 5. The van der Waals surface area contributed by atoms with E-state index in [9.17, 15) is 25.5 Å². The highest BCUT2D eigenvalue weighted by Crippen LogP contribution is 2.47. The summed E-state index contributed by atoms with van der Waals surface area (Å²) in [6.07, 6.45) is -3.00. The summed E-state index contributed by atoms with van der Waals surface area (Å²) in [4.78, 5) is 0. The van der Waals surface area contributed by atoms with Crippen LogP contribution in [0.2, 0.25) is 0 Å². The van der Waals surface area contributed by atoms with Crippen molar-refractivity contribution in [1.82, 2.24) is 0 Å². The van der Waals surface area contributed by atoms with Crippen LogP contribution in [0.25, 0.3) is 0 Å². The van der Waals surface area contributed by atoms with Gasteiger partial charge in [0.25, 0.3) is 0 Å². The molecule has 0 aromatic heterocycles. The van der Waals surface area contributed by atoms with E-state index in [0.717, 1.165) is 12.8 Å². The van der Waals surface area contributed by atoms with Crippen molar-refractivity contribution in [2.24, 2.45) is 23.7 Å². The monoisotopic (exact) mass is 318 g/mol. The summed E-state index contributed by atoms with van der Waals surface area (Å²) in [6.45, 7) is 5.71. The van der Waals surface area contributed by atoms with Gasteiger partial charge < -0.3 is 30.3 Å². The molecule has 0 radical (unpaired) electrons. The summed E-state index contributed by atoms with van der Waals surface area (Å²) in [5.41, 5.74) is 0. The molecule has 0 amide bonds. The third-order valence-corrected chi connectivity index (χ3v) is 5.55. The first-order chi connectivity index (χ1) is 10.2. The number of rotatable bonds is 3. The van der Waals surface area contributed by atoms with Crippen LogP contribution in [0.1, 0.15) is 40.0 Å². The lowest BCUT2D eigenvalue weighted by Gasteiger charge is -2.53. The van der Waals surface area contributed by atoms with Gasteiger partial charge in [0, 0.05) is 5.92 Å². The molecule has 0 aromatic rings. The van der Waals surface area contributed by atoms with Gasteiger partial charge in [0.15, 0.2) is 5.79 Å². The number of hydrogen-bond donors (Lipinski definition) is 5. The molecule has 1 aliphatic heterocycles. The molecule has 6 nitrogen and oxygen atoms in total. The molecule has 3 unspecified atom stereocenters. The molecule has 22 heavy (non-hydrogen) atoms. The molecule has 0 spiro atoms. The molecule has 130 valence electrons. The Kier molecular flexibility index (Phi) is 5.52. The van der Waals surface area contributed by atoms with Gasteiger partial charge >= 0.3 is 0 Å². The fourth-order valence-electron chi connectivity index (χ4n) is 4.16. The SMILES string of the molecule is CC1CCC(C(C)C)C([C@@]2(O)O[C@H](CO)[C@@H](O)[C@H](O)[C@H]2O)C1. The molecule has 1 saturated carbocycles. The molecule has 0 bridgehead atoms. The van der Waals surface area contributed by atoms with Crippen LogP contribution in [-0.2, 0) is 4.74 Å². The third kappa shape index (κ3) is 3.05. The summed E-state index contributed by atoms with van der Waals surface area (Å²) in [6, 6.07) is 0. The van der Waals surface area contributed by atoms with Crippen molar-refractivity contribution in [3.05, 3.63) is 0 Å². The van der Waals surface area contributed by atoms with E-state index in [2.05, 4.69) is 20.8 Å². The van der Waals surface area contributed by atoms with Crippen LogP contribution >= 0.6 is 0 Å². The van der Waals surface area contributed by atoms with Gasteiger partial charge in [-0.15, -0.1) is 0 Å². The lowest BCUT2D eigenvalue weighted by atomic mass is 9.64. The van der Waals surface area contributed by atoms with E-state index in [1.807, 2.05) is 0 Å². The summed E-state index contributed by atoms with van der Waals surface area (Å²) in [7, 11) is 0. The van der Waals surface area contributed by atoms with Gasteiger partial charge in [-0.25, -0.2) is 0 Å². The quantitative estimate of drug-likeness (QED) is 0.495. The maximum Gasteiger partial charge on any atom is 0.198 e. The average Bonchev–Trinajstić information content (AvgIpc) is 2.48. The molecule has 1 heterocycles. The fraction of sp³-hybridized carbons (Fsp3) is 1.00. The molecular formula is C16H30O6. The van der Waals surface area contributed by atoms with Gasteiger partial charge in [-0.1, -0.05) is 27.2 Å². The highest BCUT2D eigenvalue weighted by molar-refractivity contribution is 5.02. The zero-order valence-corrected chi connectivity index (χ0v) is 13.6. The number of hydrogen-bond acceptors (Lipinski definition) is 6. The van der Waals surface area contributed by atoms with E-state index in [1.165, 1.54) is 0 Å². The smallest absolute Gasteiger partial charge is 0.198 e. The molecule has 2 fully saturated rings. The van der Waals surface area contributed by atoms with Gasteiger partial charge in [-0.3, -0.25) is 0 Å². The molecule has 0 aromatic carbocycles. The lowest BCUT2D eigenvalue weighted by molar-refractivity contribution is -0.377. The summed E-state index contributed by atoms with van der Waals surface area (Å²) in [5.74, 6) is -1.46. The Morgan fingerprint density at radius 2 is 1.77 bits per heavy atom. The normalized spacial score (nSPS) is 50.3. The first-order valence-corrected chi connectivity index (χ1v) is 8.27. The molecule has 1 saturated heterocycles. The second-order valence-corrected chi connectivity index (χ2v) is 7.45. The molecule has 8 atom stereocenters. The molecule has 5 N–H and O–H groups in total. The molecule has 6 heteroatoms. The number of aliphatic hydroxyl groups excluding tert-OH is 4. The topological polar surface area (TPSA) is 110 Å². The Bertz CT molecular complexity index is 374. The first-order valence-electron chi connectivity index (χ1n) is 8.27. The van der Waals surface area contributed by atoms with Crippen LogP contribution in [0, 0.1) is 23.7 Å². The Morgan fingerprint density at radius 1 is 1.14 bits per heavy atom. The molecule has 1 aliphatic carbocycles. The summed E-state index contributed by atoms with van der Waals surface area (Å²) >= 11 is 0. The van der Waals surface area contributed by atoms with Crippen molar-refractivity contribution < 1.29 is 30.3 Å². The highest BCUT2D eigenvalue weighted by Gasteiger charge is 2.58. The van der Waals surface area contributed by atoms with Crippen LogP contribution in [0.3, 0.4) is 0 Å². The van der Waals surface area contributed by atoms with Crippen molar-refractivity contribution in [2.45, 2.75) is 70.2 Å². The van der Waals surface area contributed by atoms with Crippen LogP contribution in [0.5, 0.6) is 0 Å². The maximum absolute atomic E-state index is 11.0. The van der Waals surface area contributed by atoms with Crippen LogP contribution in [0.15, 0.2) is 0 Å². The Hall–Kier alpha value is -0.240. The second-order valence-electron chi connectivity index (χ2n) is 7.45. The van der Waals surface area contributed by atoms with E-state index >= 15 is 0 Å². The van der Waals surface area contributed by atoms with E-state index in [1.54, 1.807) is 0 Å². The van der Waals surface area contributed by atoms with E-state index < -0.39 is 36.8 Å². The maximum atomic E-state index is 11.0. The van der Waals surface area contributed by atoms with E-state index in [4.69, 9.17) is 4.74 Å². The predicted molar refractivity (Wildman–Crippen MR) is 79.8 cm³/mol. The van der Waals surface area contributed by atoms with Gasteiger partial charge in [0.1, 0.15) is 24.4 Å². The molecule has 2 rings (SSSR count). The van der Waals surface area contributed by atoms with Gasteiger partial charge in [-0.2, -0.15) is 0 Å². The third-order valence-electron chi connectivity index (χ3n) is 5.55. The van der Waals surface area contributed by atoms with E-state index in [0.29, 0.717) is 18.3 Å². The summed E-state index contributed by atoms with van der Waals surface area (Å²) < 4.78 is 5.53. The van der Waals surface area contributed by atoms with Crippen LogP contribution in [-0.4, -0.2) is 62.3 Å². The fourth-order valence-corrected chi connectivity index (χ4v) is 4.16. The zero-order valence-electron chi connectivity index (χ0n) is 13.6. The largest absolute Gasteiger partial charge is 0.394 e.